The predicted octanol–water partition coefficient (Wildman–Crippen LogP) is 3.16. The van der Waals surface area contributed by atoms with Gasteiger partial charge in [0.05, 0.1) is 5.52 Å². The Morgan fingerprint density at radius 1 is 1.26 bits per heavy atom. The van der Waals surface area contributed by atoms with Crippen molar-refractivity contribution in [1.82, 2.24) is 4.98 Å². The number of para-hydroxylation sites is 1. The fraction of sp³-hybridized carbons (Fsp3) is 0.375. The molecule has 0 N–H and O–H groups in total. The van der Waals surface area contributed by atoms with Gasteiger partial charge in [-0.3, -0.25) is 9.78 Å². The Labute approximate surface area is 113 Å². The number of pyridine rings is 1. The van der Waals surface area contributed by atoms with Crippen molar-refractivity contribution in [3.05, 3.63) is 42.1 Å². The van der Waals surface area contributed by atoms with E-state index in [2.05, 4.69) is 4.98 Å². The highest BCUT2D eigenvalue weighted by Gasteiger charge is 2.17. The van der Waals surface area contributed by atoms with Gasteiger partial charge in [-0.15, -0.1) is 0 Å². The minimum absolute atomic E-state index is 0.140. The summed E-state index contributed by atoms with van der Waals surface area (Å²) in [7, 11) is 0. The van der Waals surface area contributed by atoms with Crippen LogP contribution in [0.3, 0.4) is 0 Å². The van der Waals surface area contributed by atoms with Gasteiger partial charge in [-0.25, -0.2) is 0 Å². The van der Waals surface area contributed by atoms with Gasteiger partial charge in [-0.1, -0.05) is 25.1 Å². The first kappa shape index (κ1) is 13.7. The second-order valence-corrected chi connectivity index (χ2v) is 4.48. The van der Waals surface area contributed by atoms with Crippen molar-refractivity contribution >= 4 is 16.7 Å². The Morgan fingerprint density at radius 2 is 2.05 bits per heavy atom. The highest BCUT2D eigenvalue weighted by atomic mass is 16.5. The standard InChI is InChI=1S/C16H19NO2/c1-3-16(19-4-2)15(18)11-12-9-10-17-14-8-6-5-7-13(12)14/h5-10,16H,3-4,11H2,1-2H3. The Hall–Kier alpha value is -1.74. The summed E-state index contributed by atoms with van der Waals surface area (Å²) in [5, 5.41) is 1.05. The van der Waals surface area contributed by atoms with Crippen LogP contribution < -0.4 is 0 Å². The largest absolute Gasteiger partial charge is 0.371 e. The lowest BCUT2D eigenvalue weighted by Crippen LogP contribution is -2.25. The van der Waals surface area contributed by atoms with Gasteiger partial charge in [0, 0.05) is 24.6 Å². The van der Waals surface area contributed by atoms with Crippen LogP contribution >= 0.6 is 0 Å². The summed E-state index contributed by atoms with van der Waals surface area (Å²) in [6.07, 6.45) is 2.58. The molecule has 0 amide bonds. The van der Waals surface area contributed by atoms with Gasteiger partial charge in [-0.05, 0) is 31.0 Å². The molecule has 2 aromatic rings. The van der Waals surface area contributed by atoms with Crippen molar-refractivity contribution in [3.8, 4) is 0 Å². The minimum Gasteiger partial charge on any atom is -0.371 e. The van der Waals surface area contributed by atoms with E-state index >= 15 is 0 Å². The molecule has 0 spiro atoms. The molecule has 1 heterocycles. The van der Waals surface area contributed by atoms with Gasteiger partial charge in [-0.2, -0.15) is 0 Å². The van der Waals surface area contributed by atoms with Gasteiger partial charge < -0.3 is 4.74 Å². The fourth-order valence-corrected chi connectivity index (χ4v) is 2.25. The summed E-state index contributed by atoms with van der Waals surface area (Å²) in [6, 6.07) is 9.81. The molecule has 0 bridgehead atoms. The van der Waals surface area contributed by atoms with E-state index in [1.807, 2.05) is 44.2 Å². The number of benzene rings is 1. The van der Waals surface area contributed by atoms with Crippen LogP contribution in [-0.4, -0.2) is 23.5 Å². The molecule has 1 unspecified atom stereocenters. The first-order valence-electron chi connectivity index (χ1n) is 6.73. The van der Waals surface area contributed by atoms with Crippen LogP contribution in [0.5, 0.6) is 0 Å². The van der Waals surface area contributed by atoms with Crippen LogP contribution in [0.4, 0.5) is 0 Å². The molecular formula is C16H19NO2. The number of Topliss-reactive ketones (excluding diaryl/α,β-unsaturated/α-hetero) is 1. The molecule has 3 heteroatoms. The molecule has 0 saturated carbocycles. The van der Waals surface area contributed by atoms with Crippen molar-refractivity contribution in [3.63, 3.8) is 0 Å². The highest BCUT2D eigenvalue weighted by molar-refractivity contribution is 5.90. The average Bonchev–Trinajstić information content (AvgIpc) is 2.45. The zero-order valence-corrected chi connectivity index (χ0v) is 11.4. The summed E-state index contributed by atoms with van der Waals surface area (Å²) in [5.41, 5.74) is 1.95. The number of hydrogen-bond acceptors (Lipinski definition) is 3. The van der Waals surface area contributed by atoms with Crippen LogP contribution in [0.2, 0.25) is 0 Å². The second kappa shape index (κ2) is 6.43. The van der Waals surface area contributed by atoms with Crippen LogP contribution in [0.1, 0.15) is 25.8 Å². The van der Waals surface area contributed by atoms with Gasteiger partial charge in [0.2, 0.25) is 0 Å². The molecule has 0 aliphatic rings. The van der Waals surface area contributed by atoms with Crippen molar-refractivity contribution in [1.29, 1.82) is 0 Å². The normalized spacial score (nSPS) is 12.5. The lowest BCUT2D eigenvalue weighted by Gasteiger charge is -2.14. The Balaban J connectivity index is 2.23. The highest BCUT2D eigenvalue weighted by Crippen LogP contribution is 2.18. The quantitative estimate of drug-likeness (QED) is 0.798. The summed E-state index contributed by atoms with van der Waals surface area (Å²) < 4.78 is 5.47. The third kappa shape index (κ3) is 3.18. The Kier molecular flexibility index (Phi) is 4.63. The second-order valence-electron chi connectivity index (χ2n) is 4.48. The van der Waals surface area contributed by atoms with E-state index in [-0.39, 0.29) is 11.9 Å². The number of rotatable bonds is 6. The summed E-state index contributed by atoms with van der Waals surface area (Å²) in [6.45, 7) is 4.46. The van der Waals surface area contributed by atoms with Gasteiger partial charge in [0.25, 0.3) is 0 Å². The van der Waals surface area contributed by atoms with E-state index in [1.165, 1.54) is 0 Å². The molecule has 1 atom stereocenters. The van der Waals surface area contributed by atoms with Crippen molar-refractivity contribution in [2.75, 3.05) is 6.61 Å². The third-order valence-electron chi connectivity index (χ3n) is 3.20. The van der Waals surface area contributed by atoms with E-state index in [0.717, 1.165) is 22.9 Å². The molecule has 1 aromatic carbocycles. The molecule has 3 nitrogen and oxygen atoms in total. The summed E-state index contributed by atoms with van der Waals surface area (Å²) in [5.74, 6) is 0.140. The molecule has 100 valence electrons. The topological polar surface area (TPSA) is 39.2 Å². The van der Waals surface area contributed by atoms with E-state index in [4.69, 9.17) is 4.74 Å². The molecular weight excluding hydrogens is 238 g/mol. The molecule has 0 aliphatic carbocycles. The molecule has 0 fully saturated rings. The lowest BCUT2D eigenvalue weighted by molar-refractivity contribution is -0.129. The van der Waals surface area contributed by atoms with Crippen LogP contribution in [0, 0.1) is 0 Å². The average molecular weight is 257 g/mol. The van der Waals surface area contributed by atoms with E-state index in [1.54, 1.807) is 6.20 Å². The first-order valence-corrected chi connectivity index (χ1v) is 6.73. The third-order valence-corrected chi connectivity index (χ3v) is 3.20. The number of aromatic nitrogens is 1. The SMILES string of the molecule is CCOC(CC)C(=O)Cc1ccnc2ccccc12. The molecule has 0 aliphatic heterocycles. The Morgan fingerprint density at radius 3 is 2.79 bits per heavy atom. The molecule has 1 aromatic heterocycles. The number of nitrogens with zero attached hydrogens (tertiary/aromatic N) is 1. The predicted molar refractivity (Wildman–Crippen MR) is 76.2 cm³/mol. The van der Waals surface area contributed by atoms with Crippen molar-refractivity contribution in [2.24, 2.45) is 0 Å². The number of hydrogen-bond donors (Lipinski definition) is 0. The maximum absolute atomic E-state index is 12.2. The number of fused-ring (bicyclic) bond motifs is 1. The van der Waals surface area contributed by atoms with Crippen molar-refractivity contribution in [2.45, 2.75) is 32.8 Å². The summed E-state index contributed by atoms with van der Waals surface area (Å²) >= 11 is 0. The molecule has 0 radical (unpaired) electrons. The van der Waals surface area contributed by atoms with E-state index < -0.39 is 0 Å². The van der Waals surface area contributed by atoms with E-state index in [9.17, 15) is 4.79 Å². The van der Waals surface area contributed by atoms with E-state index in [0.29, 0.717) is 13.0 Å². The van der Waals surface area contributed by atoms with Gasteiger partial charge in [0.1, 0.15) is 6.10 Å². The maximum atomic E-state index is 12.2. The molecule has 2 rings (SSSR count). The van der Waals surface area contributed by atoms with Crippen LogP contribution in [-0.2, 0) is 16.0 Å². The number of carbonyl (C=O) groups excluding carboxylic acids is 1. The number of carbonyl (C=O) groups is 1. The first-order chi connectivity index (χ1) is 9.26. The van der Waals surface area contributed by atoms with Crippen molar-refractivity contribution < 1.29 is 9.53 Å². The van der Waals surface area contributed by atoms with Crippen LogP contribution in [0.15, 0.2) is 36.5 Å². The Bertz CT molecular complexity index is 560. The maximum Gasteiger partial charge on any atom is 0.165 e. The number of ketones is 1. The van der Waals surface area contributed by atoms with Gasteiger partial charge >= 0.3 is 0 Å². The fourth-order valence-electron chi connectivity index (χ4n) is 2.25. The lowest BCUT2D eigenvalue weighted by atomic mass is 10.0. The van der Waals surface area contributed by atoms with Crippen LogP contribution in [0.25, 0.3) is 10.9 Å². The smallest absolute Gasteiger partial charge is 0.165 e. The van der Waals surface area contributed by atoms with Gasteiger partial charge in [0.15, 0.2) is 5.78 Å². The zero-order valence-electron chi connectivity index (χ0n) is 11.4. The minimum atomic E-state index is -0.295. The summed E-state index contributed by atoms with van der Waals surface area (Å²) in [4.78, 5) is 16.5. The molecule has 19 heavy (non-hydrogen) atoms. The molecule has 0 saturated heterocycles. The number of ether oxygens (including phenoxy) is 1. The zero-order chi connectivity index (χ0) is 13.7. The monoisotopic (exact) mass is 257 g/mol.